The van der Waals surface area contributed by atoms with E-state index in [0.29, 0.717) is 5.41 Å². The van der Waals surface area contributed by atoms with Crippen molar-refractivity contribution in [1.29, 1.82) is 0 Å². The first-order valence-corrected chi connectivity index (χ1v) is 5.22. The van der Waals surface area contributed by atoms with Gasteiger partial charge in [0.1, 0.15) is 0 Å². The summed E-state index contributed by atoms with van der Waals surface area (Å²) in [6.45, 7) is 2.07. The topological polar surface area (TPSA) is 9.23 Å². The lowest BCUT2D eigenvalue weighted by Crippen LogP contribution is -2.26. The summed E-state index contributed by atoms with van der Waals surface area (Å²) in [4.78, 5) is 0. The first-order valence-electron chi connectivity index (χ1n) is 4.07. The highest BCUT2D eigenvalue weighted by Crippen LogP contribution is 2.41. The summed E-state index contributed by atoms with van der Waals surface area (Å²) in [5.74, 6) is 2.73. The van der Waals surface area contributed by atoms with Gasteiger partial charge in [0.15, 0.2) is 0 Å². The van der Waals surface area contributed by atoms with Crippen LogP contribution in [0.2, 0.25) is 0 Å². The summed E-state index contributed by atoms with van der Waals surface area (Å²) in [7, 11) is 0. The Morgan fingerprint density at radius 2 is 1.90 bits per heavy atom. The highest BCUT2D eigenvalue weighted by atomic mass is 32.2. The van der Waals surface area contributed by atoms with Gasteiger partial charge in [-0.3, -0.25) is 0 Å². The van der Waals surface area contributed by atoms with Crippen LogP contribution in [0, 0.1) is 5.41 Å². The molecule has 0 amide bonds. The molecule has 0 aliphatic carbocycles. The third-order valence-electron chi connectivity index (χ3n) is 2.74. The maximum atomic E-state index is 5.43. The number of rotatable bonds is 0. The fourth-order valence-electron chi connectivity index (χ4n) is 1.85. The van der Waals surface area contributed by atoms with E-state index in [9.17, 15) is 0 Å². The van der Waals surface area contributed by atoms with Gasteiger partial charge in [0.05, 0.1) is 6.61 Å². The van der Waals surface area contributed by atoms with E-state index in [2.05, 4.69) is 11.8 Å². The van der Waals surface area contributed by atoms with Crippen molar-refractivity contribution in [3.05, 3.63) is 0 Å². The van der Waals surface area contributed by atoms with Gasteiger partial charge in [-0.25, -0.2) is 0 Å². The third kappa shape index (κ3) is 1.19. The fraction of sp³-hybridized carbons (Fsp3) is 1.00. The molecule has 2 fully saturated rings. The lowest BCUT2D eigenvalue weighted by atomic mass is 9.81. The zero-order chi connectivity index (χ0) is 6.86. The smallest absolute Gasteiger partial charge is 0.0523 e. The second-order valence-corrected chi connectivity index (χ2v) is 4.64. The summed E-state index contributed by atoms with van der Waals surface area (Å²) >= 11 is 2.10. The predicted molar refractivity (Wildman–Crippen MR) is 44.4 cm³/mol. The minimum Gasteiger partial charge on any atom is -0.381 e. The summed E-state index contributed by atoms with van der Waals surface area (Å²) < 4.78 is 5.43. The molecule has 2 saturated heterocycles. The number of ether oxygens (including phenoxy) is 1. The lowest BCUT2D eigenvalue weighted by Gasteiger charge is -2.30. The molecular weight excluding hydrogens is 144 g/mol. The molecule has 2 heteroatoms. The van der Waals surface area contributed by atoms with Gasteiger partial charge in [0, 0.05) is 6.61 Å². The van der Waals surface area contributed by atoms with Crippen LogP contribution in [-0.2, 0) is 4.74 Å². The van der Waals surface area contributed by atoms with Gasteiger partial charge in [-0.2, -0.15) is 11.8 Å². The first kappa shape index (κ1) is 6.99. The summed E-state index contributed by atoms with van der Waals surface area (Å²) in [6.07, 6.45) is 4.13. The van der Waals surface area contributed by atoms with Gasteiger partial charge >= 0.3 is 0 Å². The second kappa shape index (κ2) is 2.74. The minimum atomic E-state index is 0.630. The standard InChI is InChI=1S/C8H14OS/c1-4-9-7-8(1)2-5-10-6-3-8/h1-7H2. The van der Waals surface area contributed by atoms with Crippen LogP contribution in [-0.4, -0.2) is 24.7 Å². The molecule has 0 aromatic rings. The highest BCUT2D eigenvalue weighted by Gasteiger charge is 2.35. The van der Waals surface area contributed by atoms with E-state index in [-0.39, 0.29) is 0 Å². The van der Waals surface area contributed by atoms with E-state index in [1.165, 1.54) is 30.8 Å². The van der Waals surface area contributed by atoms with Gasteiger partial charge < -0.3 is 4.74 Å². The van der Waals surface area contributed by atoms with Crippen LogP contribution in [0.1, 0.15) is 19.3 Å². The van der Waals surface area contributed by atoms with E-state index in [4.69, 9.17) is 4.74 Å². The molecule has 0 N–H and O–H groups in total. The molecule has 2 heterocycles. The van der Waals surface area contributed by atoms with E-state index >= 15 is 0 Å². The van der Waals surface area contributed by atoms with Gasteiger partial charge in [0.2, 0.25) is 0 Å². The Morgan fingerprint density at radius 3 is 2.50 bits per heavy atom. The average molecular weight is 158 g/mol. The van der Waals surface area contributed by atoms with Crippen molar-refractivity contribution in [3.63, 3.8) is 0 Å². The molecule has 0 aromatic carbocycles. The van der Waals surface area contributed by atoms with Crippen molar-refractivity contribution in [2.75, 3.05) is 24.7 Å². The van der Waals surface area contributed by atoms with Crippen LogP contribution >= 0.6 is 11.8 Å². The normalized spacial score (nSPS) is 31.2. The lowest BCUT2D eigenvalue weighted by molar-refractivity contribution is 0.146. The number of hydrogen-bond acceptors (Lipinski definition) is 2. The Balaban J connectivity index is 1.98. The molecule has 10 heavy (non-hydrogen) atoms. The van der Waals surface area contributed by atoms with Crippen LogP contribution in [0.25, 0.3) is 0 Å². The van der Waals surface area contributed by atoms with Crippen molar-refractivity contribution >= 4 is 11.8 Å². The maximum absolute atomic E-state index is 5.43. The summed E-state index contributed by atoms with van der Waals surface area (Å²) in [5, 5.41) is 0. The van der Waals surface area contributed by atoms with Crippen molar-refractivity contribution in [2.24, 2.45) is 5.41 Å². The molecule has 0 aromatic heterocycles. The van der Waals surface area contributed by atoms with E-state index in [0.717, 1.165) is 13.2 Å². The van der Waals surface area contributed by atoms with Gasteiger partial charge in [-0.05, 0) is 36.2 Å². The molecule has 2 aliphatic heterocycles. The molecule has 1 nitrogen and oxygen atoms in total. The first-order chi connectivity index (χ1) is 4.91. The Kier molecular flexibility index (Phi) is 1.92. The van der Waals surface area contributed by atoms with Crippen LogP contribution in [0.15, 0.2) is 0 Å². The quantitative estimate of drug-likeness (QED) is 0.532. The van der Waals surface area contributed by atoms with Crippen molar-refractivity contribution in [3.8, 4) is 0 Å². The molecule has 0 atom stereocenters. The van der Waals surface area contributed by atoms with E-state index < -0.39 is 0 Å². The Morgan fingerprint density at radius 1 is 1.10 bits per heavy atom. The van der Waals surface area contributed by atoms with E-state index in [1.807, 2.05) is 0 Å². The minimum absolute atomic E-state index is 0.630. The fourth-order valence-corrected chi connectivity index (χ4v) is 3.21. The zero-order valence-electron chi connectivity index (χ0n) is 6.27. The molecule has 58 valence electrons. The third-order valence-corrected chi connectivity index (χ3v) is 3.72. The van der Waals surface area contributed by atoms with Crippen LogP contribution in [0.4, 0.5) is 0 Å². The van der Waals surface area contributed by atoms with Crippen LogP contribution in [0.3, 0.4) is 0 Å². The van der Waals surface area contributed by atoms with Gasteiger partial charge in [-0.1, -0.05) is 0 Å². The molecular formula is C8H14OS. The second-order valence-electron chi connectivity index (χ2n) is 3.41. The molecule has 0 bridgehead atoms. The molecule has 0 saturated carbocycles. The SMILES string of the molecule is C1CC2(CCSCC2)CO1. The zero-order valence-corrected chi connectivity index (χ0v) is 7.08. The van der Waals surface area contributed by atoms with Crippen molar-refractivity contribution in [2.45, 2.75) is 19.3 Å². The highest BCUT2D eigenvalue weighted by molar-refractivity contribution is 7.99. The maximum Gasteiger partial charge on any atom is 0.0523 e. The van der Waals surface area contributed by atoms with Gasteiger partial charge in [0.25, 0.3) is 0 Å². The van der Waals surface area contributed by atoms with Crippen molar-refractivity contribution in [1.82, 2.24) is 0 Å². The Bertz CT molecular complexity index is 110. The number of thioether (sulfide) groups is 1. The van der Waals surface area contributed by atoms with Gasteiger partial charge in [-0.15, -0.1) is 0 Å². The van der Waals surface area contributed by atoms with Crippen LogP contribution < -0.4 is 0 Å². The van der Waals surface area contributed by atoms with Crippen LogP contribution in [0.5, 0.6) is 0 Å². The summed E-state index contributed by atoms with van der Waals surface area (Å²) in [6, 6.07) is 0. The monoisotopic (exact) mass is 158 g/mol. The largest absolute Gasteiger partial charge is 0.381 e. The van der Waals surface area contributed by atoms with Crippen molar-refractivity contribution < 1.29 is 4.74 Å². The molecule has 0 unspecified atom stereocenters. The molecule has 1 spiro atoms. The summed E-state index contributed by atoms with van der Waals surface area (Å²) in [5.41, 5.74) is 0.630. The Hall–Kier alpha value is 0.310. The molecule has 2 rings (SSSR count). The van der Waals surface area contributed by atoms with E-state index in [1.54, 1.807) is 0 Å². The number of hydrogen-bond donors (Lipinski definition) is 0. The average Bonchev–Trinajstić information content (AvgIpc) is 2.39. The predicted octanol–water partition coefficient (Wildman–Crippen LogP) is 1.92. The molecule has 2 aliphatic rings. The Labute approximate surface area is 66.5 Å². The molecule has 0 radical (unpaired) electrons.